The van der Waals surface area contributed by atoms with Gasteiger partial charge in [-0.15, -0.1) is 16.7 Å². The summed E-state index contributed by atoms with van der Waals surface area (Å²) in [6.07, 6.45) is 1.92. The number of amides is 1. The van der Waals surface area contributed by atoms with Crippen LogP contribution in [-0.2, 0) is 4.79 Å². The molecule has 1 aromatic carbocycles. The standard InChI is InChI=1S/C11H11ClN4O/c12-6-5-10(17)14-16-11-9-4-2-1-3-8(9)7-13-15-11/h1-4,7H,5-6H2,(H,14,17)(H,15,16). The largest absolute Gasteiger partial charge is 0.280 e. The van der Waals surface area contributed by atoms with Gasteiger partial charge in [0.2, 0.25) is 5.91 Å². The van der Waals surface area contributed by atoms with Crippen molar-refractivity contribution in [2.45, 2.75) is 6.42 Å². The minimum Gasteiger partial charge on any atom is -0.280 e. The van der Waals surface area contributed by atoms with Crippen molar-refractivity contribution in [3.8, 4) is 0 Å². The Hall–Kier alpha value is -1.88. The molecule has 88 valence electrons. The third kappa shape index (κ3) is 2.82. The van der Waals surface area contributed by atoms with Crippen molar-refractivity contribution in [3.63, 3.8) is 0 Å². The number of carbonyl (C=O) groups excluding carboxylic acids is 1. The Balaban J connectivity index is 2.16. The van der Waals surface area contributed by atoms with E-state index in [9.17, 15) is 4.79 Å². The Morgan fingerprint density at radius 1 is 1.35 bits per heavy atom. The van der Waals surface area contributed by atoms with E-state index >= 15 is 0 Å². The smallest absolute Gasteiger partial charge is 0.239 e. The maximum absolute atomic E-state index is 11.2. The van der Waals surface area contributed by atoms with E-state index in [4.69, 9.17) is 11.6 Å². The number of anilines is 1. The highest BCUT2D eigenvalue weighted by Gasteiger charge is 2.04. The lowest BCUT2D eigenvalue weighted by Gasteiger charge is -2.08. The lowest BCUT2D eigenvalue weighted by molar-refractivity contribution is -0.120. The molecule has 1 aromatic heterocycles. The molecular weight excluding hydrogens is 240 g/mol. The second-order valence-electron chi connectivity index (χ2n) is 3.39. The van der Waals surface area contributed by atoms with Gasteiger partial charge in [0.15, 0.2) is 5.82 Å². The van der Waals surface area contributed by atoms with Gasteiger partial charge in [0.25, 0.3) is 0 Å². The summed E-state index contributed by atoms with van der Waals surface area (Å²) in [5, 5.41) is 9.63. The maximum Gasteiger partial charge on any atom is 0.239 e. The number of alkyl halides is 1. The van der Waals surface area contributed by atoms with E-state index in [2.05, 4.69) is 21.0 Å². The summed E-state index contributed by atoms with van der Waals surface area (Å²) in [4.78, 5) is 11.2. The highest BCUT2D eigenvalue weighted by Crippen LogP contribution is 2.18. The monoisotopic (exact) mass is 250 g/mol. The van der Waals surface area contributed by atoms with Crippen LogP contribution in [0.1, 0.15) is 6.42 Å². The topological polar surface area (TPSA) is 66.9 Å². The Labute approximate surface area is 103 Å². The Bertz CT molecular complexity index is 526. The second-order valence-corrected chi connectivity index (χ2v) is 3.77. The van der Waals surface area contributed by atoms with Crippen LogP contribution in [0.2, 0.25) is 0 Å². The van der Waals surface area contributed by atoms with Crippen molar-refractivity contribution >= 4 is 34.1 Å². The molecule has 0 unspecified atom stereocenters. The molecule has 2 N–H and O–H groups in total. The van der Waals surface area contributed by atoms with Crippen molar-refractivity contribution in [1.29, 1.82) is 0 Å². The van der Waals surface area contributed by atoms with Crippen molar-refractivity contribution in [3.05, 3.63) is 30.5 Å². The molecule has 0 radical (unpaired) electrons. The SMILES string of the molecule is O=C(CCCl)NNc1nncc2ccccc12. The zero-order valence-electron chi connectivity index (χ0n) is 8.98. The predicted octanol–water partition coefficient (Wildman–Crippen LogP) is 1.70. The van der Waals surface area contributed by atoms with Gasteiger partial charge in [0, 0.05) is 23.1 Å². The molecule has 0 aliphatic heterocycles. The van der Waals surface area contributed by atoms with Crippen LogP contribution in [-0.4, -0.2) is 22.0 Å². The number of nitrogens with one attached hydrogen (secondary N) is 2. The van der Waals surface area contributed by atoms with Gasteiger partial charge in [-0.25, -0.2) is 0 Å². The van der Waals surface area contributed by atoms with Gasteiger partial charge in [0.05, 0.1) is 6.20 Å². The van der Waals surface area contributed by atoms with Crippen LogP contribution in [0.4, 0.5) is 5.82 Å². The number of hydrogen-bond donors (Lipinski definition) is 2. The number of fused-ring (bicyclic) bond motifs is 1. The molecule has 17 heavy (non-hydrogen) atoms. The number of halogens is 1. The molecule has 0 saturated heterocycles. The van der Waals surface area contributed by atoms with Crippen molar-refractivity contribution in [2.75, 3.05) is 11.3 Å². The summed E-state index contributed by atoms with van der Waals surface area (Å²) in [5.74, 6) is 0.620. The summed E-state index contributed by atoms with van der Waals surface area (Å²) in [5.41, 5.74) is 5.26. The summed E-state index contributed by atoms with van der Waals surface area (Å²) in [7, 11) is 0. The summed E-state index contributed by atoms with van der Waals surface area (Å²) in [6.45, 7) is 0. The van der Waals surface area contributed by atoms with E-state index in [1.54, 1.807) is 6.20 Å². The van der Waals surface area contributed by atoms with E-state index in [0.717, 1.165) is 10.8 Å². The number of aromatic nitrogens is 2. The molecule has 6 heteroatoms. The fourth-order valence-electron chi connectivity index (χ4n) is 1.40. The van der Waals surface area contributed by atoms with Gasteiger partial charge < -0.3 is 0 Å². The van der Waals surface area contributed by atoms with Crippen LogP contribution in [0.15, 0.2) is 30.5 Å². The molecule has 2 aromatic rings. The third-order valence-corrected chi connectivity index (χ3v) is 2.40. The first kappa shape index (κ1) is 11.6. The predicted molar refractivity (Wildman–Crippen MR) is 66.6 cm³/mol. The van der Waals surface area contributed by atoms with Crippen molar-refractivity contribution in [1.82, 2.24) is 15.6 Å². The van der Waals surface area contributed by atoms with Crippen LogP contribution >= 0.6 is 11.6 Å². The second kappa shape index (κ2) is 5.45. The van der Waals surface area contributed by atoms with Crippen LogP contribution in [0.3, 0.4) is 0 Å². The molecule has 0 aliphatic carbocycles. The number of hydrogen-bond acceptors (Lipinski definition) is 4. The summed E-state index contributed by atoms with van der Waals surface area (Å²) < 4.78 is 0. The first-order valence-electron chi connectivity index (χ1n) is 5.12. The van der Waals surface area contributed by atoms with Gasteiger partial charge in [-0.3, -0.25) is 15.6 Å². The van der Waals surface area contributed by atoms with E-state index < -0.39 is 0 Å². The highest BCUT2D eigenvalue weighted by atomic mass is 35.5. The van der Waals surface area contributed by atoms with Gasteiger partial charge >= 0.3 is 0 Å². The first-order chi connectivity index (χ1) is 8.31. The summed E-state index contributed by atoms with van der Waals surface area (Å²) >= 11 is 5.46. The molecule has 0 spiro atoms. The highest BCUT2D eigenvalue weighted by molar-refractivity contribution is 6.18. The van der Waals surface area contributed by atoms with Crippen LogP contribution in [0.25, 0.3) is 10.8 Å². The minimum absolute atomic E-state index is 0.185. The quantitative estimate of drug-likeness (QED) is 0.640. The average molecular weight is 251 g/mol. The normalized spacial score (nSPS) is 10.2. The van der Waals surface area contributed by atoms with E-state index in [-0.39, 0.29) is 18.2 Å². The number of benzene rings is 1. The fraction of sp³-hybridized carbons (Fsp3) is 0.182. The van der Waals surface area contributed by atoms with Crippen LogP contribution in [0, 0.1) is 0 Å². The van der Waals surface area contributed by atoms with Gasteiger partial charge in [-0.05, 0) is 0 Å². The molecule has 5 nitrogen and oxygen atoms in total. The van der Waals surface area contributed by atoms with Crippen molar-refractivity contribution < 1.29 is 4.79 Å². The van der Waals surface area contributed by atoms with Gasteiger partial charge in [-0.1, -0.05) is 24.3 Å². The molecule has 0 aliphatic rings. The molecule has 1 heterocycles. The maximum atomic E-state index is 11.2. The average Bonchev–Trinajstić information content (AvgIpc) is 2.36. The first-order valence-corrected chi connectivity index (χ1v) is 5.66. The molecule has 0 bridgehead atoms. The molecular formula is C11H11ClN4O. The Morgan fingerprint density at radius 3 is 3.00 bits per heavy atom. The molecule has 0 fully saturated rings. The fourth-order valence-corrected chi connectivity index (χ4v) is 1.57. The lowest BCUT2D eigenvalue weighted by atomic mass is 10.2. The number of carbonyl (C=O) groups is 1. The Kier molecular flexibility index (Phi) is 3.72. The number of nitrogens with zero attached hydrogens (tertiary/aromatic N) is 2. The number of hydrazine groups is 1. The molecule has 0 saturated carbocycles. The van der Waals surface area contributed by atoms with Crippen LogP contribution in [0.5, 0.6) is 0 Å². The molecule has 0 atom stereocenters. The van der Waals surface area contributed by atoms with Gasteiger partial charge in [-0.2, -0.15) is 5.10 Å². The van der Waals surface area contributed by atoms with Crippen molar-refractivity contribution in [2.24, 2.45) is 0 Å². The van der Waals surface area contributed by atoms with Crippen LogP contribution < -0.4 is 10.9 Å². The zero-order valence-corrected chi connectivity index (χ0v) is 9.74. The minimum atomic E-state index is -0.185. The molecule has 2 rings (SSSR count). The third-order valence-electron chi connectivity index (χ3n) is 2.21. The number of rotatable bonds is 4. The Morgan fingerprint density at radius 2 is 2.18 bits per heavy atom. The van der Waals surface area contributed by atoms with Gasteiger partial charge in [0.1, 0.15) is 0 Å². The lowest BCUT2D eigenvalue weighted by Crippen LogP contribution is -2.30. The van der Waals surface area contributed by atoms with E-state index in [1.807, 2.05) is 24.3 Å². The zero-order chi connectivity index (χ0) is 12.1. The van der Waals surface area contributed by atoms with E-state index in [0.29, 0.717) is 5.82 Å². The van der Waals surface area contributed by atoms with E-state index in [1.165, 1.54) is 0 Å². The molecule has 1 amide bonds. The summed E-state index contributed by atoms with van der Waals surface area (Å²) in [6, 6.07) is 7.64.